The maximum Gasteiger partial charge on any atom is 0.168 e. The number of nitrogens with zero attached hydrogens (tertiary/aromatic N) is 2. The molecule has 3 rings (SSSR count). The van der Waals surface area contributed by atoms with E-state index in [1.165, 1.54) is 18.4 Å². The molecule has 0 radical (unpaired) electrons. The average molecular weight is 340 g/mol. The fraction of sp³-hybridized carbons (Fsp3) is 0.524. The Balaban J connectivity index is 1.75. The third kappa shape index (κ3) is 4.37. The molecule has 0 saturated carbocycles. The molecule has 0 spiro atoms. The van der Waals surface area contributed by atoms with Gasteiger partial charge in [-0.25, -0.2) is 0 Å². The van der Waals surface area contributed by atoms with Crippen LogP contribution in [0.15, 0.2) is 46.7 Å². The van der Waals surface area contributed by atoms with Gasteiger partial charge in [-0.05, 0) is 36.9 Å². The van der Waals surface area contributed by atoms with Crippen molar-refractivity contribution in [2.24, 2.45) is 10.4 Å². The number of benzene rings is 1. The molecule has 2 aliphatic rings. The summed E-state index contributed by atoms with van der Waals surface area (Å²) in [6.45, 7) is 6.81. The maximum absolute atomic E-state index is 12.3. The van der Waals surface area contributed by atoms with Gasteiger partial charge in [0.1, 0.15) is 5.76 Å². The number of hydrogen-bond donors (Lipinski definition) is 1. The molecule has 4 heteroatoms. The van der Waals surface area contributed by atoms with Gasteiger partial charge in [-0.3, -0.25) is 14.7 Å². The summed E-state index contributed by atoms with van der Waals surface area (Å²) in [5.41, 5.74) is 1.49. The summed E-state index contributed by atoms with van der Waals surface area (Å²) in [6.07, 6.45) is 5.05. The van der Waals surface area contributed by atoms with Gasteiger partial charge in [-0.15, -0.1) is 0 Å². The van der Waals surface area contributed by atoms with Gasteiger partial charge in [-0.1, -0.05) is 44.2 Å². The van der Waals surface area contributed by atoms with Crippen molar-refractivity contribution in [2.75, 3.05) is 19.6 Å². The highest BCUT2D eigenvalue weighted by atomic mass is 16.3. The molecule has 1 heterocycles. The normalized spacial score (nSPS) is 22.7. The largest absolute Gasteiger partial charge is 0.511 e. The Hall–Kier alpha value is -1.94. The fourth-order valence-corrected chi connectivity index (χ4v) is 3.85. The predicted molar refractivity (Wildman–Crippen MR) is 101 cm³/mol. The Morgan fingerprint density at radius 3 is 2.52 bits per heavy atom. The van der Waals surface area contributed by atoms with Crippen molar-refractivity contribution in [1.82, 2.24) is 4.90 Å². The lowest BCUT2D eigenvalue weighted by Crippen LogP contribution is -2.28. The van der Waals surface area contributed by atoms with Crippen LogP contribution in [0.25, 0.3) is 0 Å². The first-order valence-electron chi connectivity index (χ1n) is 9.20. The van der Waals surface area contributed by atoms with E-state index in [1.807, 2.05) is 19.9 Å². The fourth-order valence-electron chi connectivity index (χ4n) is 3.85. The highest BCUT2D eigenvalue weighted by molar-refractivity contribution is 6.14. The van der Waals surface area contributed by atoms with E-state index in [9.17, 15) is 9.90 Å². The zero-order valence-electron chi connectivity index (χ0n) is 15.2. The smallest absolute Gasteiger partial charge is 0.168 e. The molecule has 1 aromatic carbocycles. The molecular weight excluding hydrogens is 312 g/mol. The van der Waals surface area contributed by atoms with E-state index >= 15 is 0 Å². The van der Waals surface area contributed by atoms with E-state index in [-0.39, 0.29) is 23.0 Å². The maximum atomic E-state index is 12.3. The number of hydrogen-bond acceptors (Lipinski definition) is 4. The van der Waals surface area contributed by atoms with Crippen LogP contribution in [0, 0.1) is 5.41 Å². The van der Waals surface area contributed by atoms with Crippen LogP contribution in [-0.4, -0.2) is 41.6 Å². The van der Waals surface area contributed by atoms with Crippen LogP contribution in [0.2, 0.25) is 0 Å². The van der Waals surface area contributed by atoms with E-state index < -0.39 is 0 Å². The molecule has 25 heavy (non-hydrogen) atoms. The first-order valence-corrected chi connectivity index (χ1v) is 9.20. The number of allylic oxidation sites excluding steroid dienone is 2. The van der Waals surface area contributed by atoms with Gasteiger partial charge in [-0.2, -0.15) is 0 Å². The standard InChI is InChI=1S/C21H28N2O2/c1-21(2)12-19(24)17(20(25)13-21)14-22-15-18(23-10-6-7-11-23)16-8-4-3-5-9-16/h3-5,8-9,14,18,24H,6-7,10-13,15H2,1-2H3/t18-/m0/s1. The molecule has 1 aromatic rings. The monoisotopic (exact) mass is 340 g/mol. The molecule has 1 atom stereocenters. The van der Waals surface area contributed by atoms with E-state index in [4.69, 9.17) is 0 Å². The summed E-state index contributed by atoms with van der Waals surface area (Å²) < 4.78 is 0. The second kappa shape index (κ2) is 7.52. The molecule has 0 aromatic heterocycles. The highest BCUT2D eigenvalue weighted by Crippen LogP contribution is 2.35. The van der Waals surface area contributed by atoms with Gasteiger partial charge in [0, 0.05) is 19.1 Å². The Kier molecular flexibility index (Phi) is 5.38. The lowest BCUT2D eigenvalue weighted by atomic mass is 9.77. The van der Waals surface area contributed by atoms with Crippen molar-refractivity contribution < 1.29 is 9.90 Å². The molecule has 1 saturated heterocycles. The van der Waals surface area contributed by atoms with E-state index in [1.54, 1.807) is 6.21 Å². The van der Waals surface area contributed by atoms with Crippen LogP contribution in [0.5, 0.6) is 0 Å². The Morgan fingerprint density at radius 1 is 1.20 bits per heavy atom. The molecule has 0 unspecified atom stereocenters. The molecule has 1 aliphatic heterocycles. The van der Waals surface area contributed by atoms with Gasteiger partial charge in [0.2, 0.25) is 0 Å². The number of ketones is 1. The lowest BCUT2D eigenvalue weighted by Gasteiger charge is -2.29. The number of Topliss-reactive ketones (excluding diaryl/α,β-unsaturated/α-hetero) is 1. The highest BCUT2D eigenvalue weighted by Gasteiger charge is 2.32. The van der Waals surface area contributed by atoms with Crippen molar-refractivity contribution in [2.45, 2.75) is 45.6 Å². The number of aliphatic hydroxyl groups excluding tert-OH is 1. The van der Waals surface area contributed by atoms with Crippen molar-refractivity contribution in [3.63, 3.8) is 0 Å². The van der Waals surface area contributed by atoms with Gasteiger partial charge < -0.3 is 5.11 Å². The first-order chi connectivity index (χ1) is 12.0. The zero-order valence-corrected chi connectivity index (χ0v) is 15.2. The molecule has 4 nitrogen and oxygen atoms in total. The minimum atomic E-state index is -0.166. The van der Waals surface area contributed by atoms with Crippen LogP contribution in [0.1, 0.15) is 51.1 Å². The van der Waals surface area contributed by atoms with E-state index in [0.29, 0.717) is 25.0 Å². The SMILES string of the molecule is CC1(C)CC(=O)C(C=NC[C@@H](c2ccccc2)N2CCCC2)=C(O)C1. The lowest BCUT2D eigenvalue weighted by molar-refractivity contribution is -0.117. The van der Waals surface area contributed by atoms with Gasteiger partial charge in [0.05, 0.1) is 18.2 Å². The van der Waals surface area contributed by atoms with Crippen LogP contribution < -0.4 is 0 Å². The van der Waals surface area contributed by atoms with Crippen LogP contribution >= 0.6 is 0 Å². The summed E-state index contributed by atoms with van der Waals surface area (Å²) in [5.74, 6) is 0.178. The predicted octanol–water partition coefficient (Wildman–Crippen LogP) is 4.10. The minimum absolute atomic E-state index is 0.00469. The minimum Gasteiger partial charge on any atom is -0.511 e. The number of carbonyl (C=O) groups is 1. The summed E-state index contributed by atoms with van der Waals surface area (Å²) >= 11 is 0. The second-order valence-electron chi connectivity index (χ2n) is 7.97. The Labute approximate surface area is 150 Å². The Morgan fingerprint density at radius 2 is 1.88 bits per heavy atom. The molecule has 1 fully saturated rings. The quantitative estimate of drug-likeness (QED) is 0.821. The molecule has 134 valence electrons. The van der Waals surface area contributed by atoms with Crippen molar-refractivity contribution in [3.05, 3.63) is 47.2 Å². The van der Waals surface area contributed by atoms with Crippen molar-refractivity contribution >= 4 is 12.0 Å². The number of aliphatic hydroxyl groups is 1. The molecule has 0 amide bonds. The molecule has 1 N–H and O–H groups in total. The summed E-state index contributed by atoms with van der Waals surface area (Å²) in [6, 6.07) is 10.7. The number of aliphatic imine (C=N–C) groups is 1. The molecule has 0 bridgehead atoms. The number of carbonyl (C=O) groups excluding carboxylic acids is 1. The number of likely N-dealkylation sites (tertiary alicyclic amines) is 1. The second-order valence-corrected chi connectivity index (χ2v) is 7.97. The topological polar surface area (TPSA) is 52.9 Å². The van der Waals surface area contributed by atoms with Crippen molar-refractivity contribution in [1.29, 1.82) is 0 Å². The van der Waals surface area contributed by atoms with Crippen LogP contribution in [0.3, 0.4) is 0 Å². The van der Waals surface area contributed by atoms with Crippen molar-refractivity contribution in [3.8, 4) is 0 Å². The van der Waals surface area contributed by atoms with Gasteiger partial charge in [0.25, 0.3) is 0 Å². The van der Waals surface area contributed by atoms with Gasteiger partial charge in [0.15, 0.2) is 5.78 Å². The summed E-state index contributed by atoms with van der Waals surface area (Å²) in [7, 11) is 0. The zero-order chi connectivity index (χ0) is 17.9. The van der Waals surface area contributed by atoms with Gasteiger partial charge >= 0.3 is 0 Å². The van der Waals surface area contributed by atoms with E-state index in [2.05, 4.69) is 34.2 Å². The van der Waals surface area contributed by atoms with Crippen LogP contribution in [-0.2, 0) is 4.79 Å². The third-order valence-corrected chi connectivity index (χ3v) is 5.16. The molecule has 1 aliphatic carbocycles. The number of rotatable bonds is 5. The summed E-state index contributed by atoms with van der Waals surface area (Å²) in [5, 5.41) is 10.2. The first kappa shape index (κ1) is 17.9. The summed E-state index contributed by atoms with van der Waals surface area (Å²) in [4.78, 5) is 19.3. The Bertz CT molecular complexity index is 670. The third-order valence-electron chi connectivity index (χ3n) is 5.16. The molecular formula is C21H28N2O2. The van der Waals surface area contributed by atoms with Crippen LogP contribution in [0.4, 0.5) is 0 Å². The van der Waals surface area contributed by atoms with E-state index in [0.717, 1.165) is 13.1 Å². The average Bonchev–Trinajstić information content (AvgIpc) is 3.07.